The number of ether oxygens (including phenoxy) is 3. The van der Waals surface area contributed by atoms with Crippen LogP contribution in [0.2, 0.25) is 0 Å². The average molecular weight is 338 g/mol. The predicted molar refractivity (Wildman–Crippen MR) is 94.9 cm³/mol. The van der Waals surface area contributed by atoms with Crippen molar-refractivity contribution in [2.75, 3.05) is 20.8 Å². The molecule has 126 valence electrons. The number of methoxy groups -OCH3 is 2. The summed E-state index contributed by atoms with van der Waals surface area (Å²) < 4.78 is 16.4. The lowest BCUT2D eigenvalue weighted by Crippen LogP contribution is -2.14. The van der Waals surface area contributed by atoms with Gasteiger partial charge in [0.1, 0.15) is 5.75 Å². The van der Waals surface area contributed by atoms with Crippen LogP contribution >= 0.6 is 12.4 Å². The molecule has 5 heteroatoms. The summed E-state index contributed by atoms with van der Waals surface area (Å²) in [6.45, 7) is 4.01. The summed E-state index contributed by atoms with van der Waals surface area (Å²) in [5.41, 5.74) is 2.21. The second-order valence-corrected chi connectivity index (χ2v) is 4.80. The van der Waals surface area contributed by atoms with Crippen molar-refractivity contribution in [2.45, 2.75) is 20.0 Å². The van der Waals surface area contributed by atoms with Crippen LogP contribution in [0.25, 0.3) is 0 Å². The summed E-state index contributed by atoms with van der Waals surface area (Å²) in [7, 11) is 3.35. The maximum Gasteiger partial charge on any atom is 0.165 e. The van der Waals surface area contributed by atoms with Gasteiger partial charge in [0, 0.05) is 24.2 Å². The smallest absolute Gasteiger partial charge is 0.165 e. The minimum absolute atomic E-state index is 0. The van der Waals surface area contributed by atoms with Gasteiger partial charge in [0.05, 0.1) is 20.8 Å². The van der Waals surface area contributed by atoms with Crippen molar-refractivity contribution >= 4 is 12.4 Å². The van der Waals surface area contributed by atoms with Crippen LogP contribution in [0.15, 0.2) is 42.5 Å². The van der Waals surface area contributed by atoms with E-state index in [4.69, 9.17) is 14.2 Å². The van der Waals surface area contributed by atoms with E-state index < -0.39 is 0 Å². The molecular formula is C18H24ClNO3. The summed E-state index contributed by atoms with van der Waals surface area (Å²) in [4.78, 5) is 0. The molecule has 4 nitrogen and oxygen atoms in total. The quantitative estimate of drug-likeness (QED) is 0.795. The second-order valence-electron chi connectivity index (χ2n) is 4.80. The van der Waals surface area contributed by atoms with Crippen LogP contribution in [0, 0.1) is 0 Å². The Morgan fingerprint density at radius 1 is 0.826 bits per heavy atom. The van der Waals surface area contributed by atoms with E-state index in [1.165, 1.54) is 0 Å². The number of rotatable bonds is 8. The van der Waals surface area contributed by atoms with Gasteiger partial charge in [-0.2, -0.15) is 0 Å². The van der Waals surface area contributed by atoms with Crippen molar-refractivity contribution in [3.05, 3.63) is 53.6 Å². The third kappa shape index (κ3) is 5.05. The number of benzene rings is 2. The standard InChI is InChI=1S/C18H23NO3.ClH/c1-4-22-18-15(9-7-11-17(18)21-3)13-19-12-14-8-5-6-10-16(14)20-2;/h5-11,19H,4,12-13H2,1-3H3;1H. The fourth-order valence-electron chi connectivity index (χ4n) is 2.35. The molecule has 23 heavy (non-hydrogen) atoms. The lowest BCUT2D eigenvalue weighted by molar-refractivity contribution is 0.306. The molecule has 0 heterocycles. The molecule has 2 rings (SSSR count). The molecule has 0 radical (unpaired) electrons. The highest BCUT2D eigenvalue weighted by molar-refractivity contribution is 5.85. The van der Waals surface area contributed by atoms with Crippen molar-refractivity contribution < 1.29 is 14.2 Å². The zero-order valence-corrected chi connectivity index (χ0v) is 14.6. The molecule has 1 N–H and O–H groups in total. The predicted octanol–water partition coefficient (Wildman–Crippen LogP) is 3.81. The highest BCUT2D eigenvalue weighted by Crippen LogP contribution is 2.31. The fourth-order valence-corrected chi connectivity index (χ4v) is 2.35. The summed E-state index contributed by atoms with van der Waals surface area (Å²) in [5, 5.41) is 3.43. The van der Waals surface area contributed by atoms with E-state index in [1.807, 2.05) is 43.3 Å². The van der Waals surface area contributed by atoms with Crippen molar-refractivity contribution in [1.82, 2.24) is 5.32 Å². The van der Waals surface area contributed by atoms with Crippen molar-refractivity contribution in [3.8, 4) is 17.2 Å². The summed E-state index contributed by atoms with van der Waals surface area (Å²) in [6.07, 6.45) is 0. The van der Waals surface area contributed by atoms with E-state index in [1.54, 1.807) is 14.2 Å². The van der Waals surface area contributed by atoms with Crippen LogP contribution < -0.4 is 19.5 Å². The van der Waals surface area contributed by atoms with Gasteiger partial charge < -0.3 is 19.5 Å². The number of nitrogens with one attached hydrogen (secondary N) is 1. The molecule has 0 aliphatic heterocycles. The molecule has 0 spiro atoms. The Balaban J connectivity index is 0.00000264. The summed E-state index contributed by atoms with van der Waals surface area (Å²) in [6, 6.07) is 13.9. The first kappa shape index (κ1) is 19.1. The van der Waals surface area contributed by atoms with Gasteiger partial charge >= 0.3 is 0 Å². The molecule has 0 aliphatic carbocycles. The number of halogens is 1. The van der Waals surface area contributed by atoms with Crippen molar-refractivity contribution in [1.29, 1.82) is 0 Å². The number of hydrogen-bond donors (Lipinski definition) is 1. The average Bonchev–Trinajstić information content (AvgIpc) is 2.56. The van der Waals surface area contributed by atoms with Crippen LogP contribution in [0.4, 0.5) is 0 Å². The highest BCUT2D eigenvalue weighted by atomic mass is 35.5. The van der Waals surface area contributed by atoms with Crippen LogP contribution in [0.3, 0.4) is 0 Å². The Bertz CT molecular complexity index is 605. The largest absolute Gasteiger partial charge is 0.496 e. The second kappa shape index (κ2) is 9.98. The van der Waals surface area contributed by atoms with Gasteiger partial charge in [-0.05, 0) is 19.1 Å². The van der Waals surface area contributed by atoms with Crippen molar-refractivity contribution in [2.24, 2.45) is 0 Å². The fraction of sp³-hybridized carbons (Fsp3) is 0.333. The maximum atomic E-state index is 5.72. The van der Waals surface area contributed by atoms with Gasteiger partial charge in [0.25, 0.3) is 0 Å². The Hall–Kier alpha value is -1.91. The van der Waals surface area contributed by atoms with Crippen molar-refractivity contribution in [3.63, 3.8) is 0 Å². The summed E-state index contributed by atoms with van der Waals surface area (Å²) >= 11 is 0. The van der Waals surface area contributed by atoms with E-state index in [0.717, 1.165) is 34.9 Å². The van der Waals surface area contributed by atoms with E-state index in [-0.39, 0.29) is 12.4 Å². The first-order chi connectivity index (χ1) is 10.8. The van der Waals surface area contributed by atoms with Gasteiger partial charge in [-0.1, -0.05) is 30.3 Å². The number of para-hydroxylation sites is 2. The Morgan fingerprint density at radius 2 is 1.43 bits per heavy atom. The van der Waals surface area contributed by atoms with E-state index in [0.29, 0.717) is 13.2 Å². The highest BCUT2D eigenvalue weighted by Gasteiger charge is 2.10. The molecule has 0 aliphatic rings. The minimum atomic E-state index is 0. The normalized spacial score (nSPS) is 9.87. The first-order valence-corrected chi connectivity index (χ1v) is 7.41. The summed E-state index contributed by atoms with van der Waals surface area (Å²) in [5.74, 6) is 2.46. The first-order valence-electron chi connectivity index (χ1n) is 7.41. The molecular weight excluding hydrogens is 314 g/mol. The third-order valence-electron chi connectivity index (χ3n) is 3.39. The zero-order valence-electron chi connectivity index (χ0n) is 13.8. The molecule has 2 aromatic rings. The van der Waals surface area contributed by atoms with Crippen LogP contribution in [0.5, 0.6) is 17.2 Å². The van der Waals surface area contributed by atoms with Gasteiger partial charge in [-0.25, -0.2) is 0 Å². The zero-order chi connectivity index (χ0) is 15.8. The third-order valence-corrected chi connectivity index (χ3v) is 3.39. The van der Waals surface area contributed by atoms with E-state index in [2.05, 4.69) is 11.4 Å². The molecule has 0 bridgehead atoms. The molecule has 0 fully saturated rings. The lowest BCUT2D eigenvalue weighted by Gasteiger charge is -2.15. The Kier molecular flexibility index (Phi) is 8.30. The molecule has 0 saturated heterocycles. The van der Waals surface area contributed by atoms with E-state index >= 15 is 0 Å². The van der Waals surface area contributed by atoms with Crippen LogP contribution in [0.1, 0.15) is 18.1 Å². The molecule has 0 aromatic heterocycles. The minimum Gasteiger partial charge on any atom is -0.496 e. The maximum absolute atomic E-state index is 5.72. The lowest BCUT2D eigenvalue weighted by atomic mass is 10.1. The molecule has 0 saturated carbocycles. The van der Waals surface area contributed by atoms with E-state index in [9.17, 15) is 0 Å². The molecule has 0 atom stereocenters. The van der Waals surface area contributed by atoms with Gasteiger partial charge in [-0.15, -0.1) is 12.4 Å². The molecule has 0 unspecified atom stereocenters. The van der Waals surface area contributed by atoms with Crippen LogP contribution in [-0.2, 0) is 13.1 Å². The number of hydrogen-bond acceptors (Lipinski definition) is 4. The monoisotopic (exact) mass is 337 g/mol. The van der Waals surface area contributed by atoms with Gasteiger partial charge in [0.2, 0.25) is 0 Å². The Labute approximate surface area is 144 Å². The van der Waals surface area contributed by atoms with Gasteiger partial charge in [0.15, 0.2) is 11.5 Å². The topological polar surface area (TPSA) is 39.7 Å². The Morgan fingerprint density at radius 3 is 2.13 bits per heavy atom. The molecule has 2 aromatic carbocycles. The molecule has 0 amide bonds. The SMILES string of the molecule is CCOc1c(CNCc2ccccc2OC)cccc1OC.Cl. The van der Waals surface area contributed by atoms with Gasteiger partial charge in [-0.3, -0.25) is 0 Å². The van der Waals surface area contributed by atoms with Crippen LogP contribution in [-0.4, -0.2) is 20.8 Å².